The van der Waals surface area contributed by atoms with Gasteiger partial charge in [-0.15, -0.1) is 20.4 Å². The van der Waals surface area contributed by atoms with Crippen molar-refractivity contribution in [2.24, 2.45) is 5.92 Å². The third-order valence-electron chi connectivity index (χ3n) is 14.5. The van der Waals surface area contributed by atoms with Crippen molar-refractivity contribution >= 4 is 60.5 Å². The highest BCUT2D eigenvalue weighted by Crippen LogP contribution is 2.36. The molecule has 1 amide bonds. The van der Waals surface area contributed by atoms with Crippen LogP contribution in [0.25, 0.3) is 22.9 Å². The highest BCUT2D eigenvalue weighted by molar-refractivity contribution is 7.93. The number of amides is 1. The lowest BCUT2D eigenvalue weighted by Gasteiger charge is -2.47. The van der Waals surface area contributed by atoms with E-state index in [0.29, 0.717) is 88.7 Å². The van der Waals surface area contributed by atoms with Gasteiger partial charge < -0.3 is 19.1 Å². The molecule has 19 nitrogen and oxygen atoms in total. The topological polar surface area (TPSA) is 217 Å². The van der Waals surface area contributed by atoms with Gasteiger partial charge in [0.1, 0.15) is 0 Å². The van der Waals surface area contributed by atoms with Crippen LogP contribution in [0.5, 0.6) is 0 Å². The second-order valence-electron chi connectivity index (χ2n) is 19.6. The van der Waals surface area contributed by atoms with E-state index in [0.717, 1.165) is 52.1 Å². The molecule has 4 aliphatic heterocycles. The number of anilines is 2. The zero-order valence-corrected chi connectivity index (χ0v) is 44.4. The van der Waals surface area contributed by atoms with Gasteiger partial charge in [0.05, 0.1) is 57.5 Å². The van der Waals surface area contributed by atoms with Crippen molar-refractivity contribution in [1.29, 1.82) is 0 Å². The number of aromatic nitrogens is 6. The first-order valence-corrected chi connectivity index (χ1v) is 28.9. The van der Waals surface area contributed by atoms with Crippen LogP contribution < -0.4 is 13.9 Å². The van der Waals surface area contributed by atoms with Crippen LogP contribution in [0.15, 0.2) is 94.0 Å². The maximum absolute atomic E-state index is 14.0. The molecule has 1 N–H and O–H groups in total. The molecule has 2 aromatic carbocycles. The number of hydrogen-bond acceptors (Lipinski definition) is 16. The molecule has 4 aromatic heterocycles. The summed E-state index contributed by atoms with van der Waals surface area (Å²) in [6.45, 7) is 6.02. The minimum Gasteiger partial charge on any atom is -0.415 e. The Hall–Kier alpha value is -5.83. The molecule has 0 unspecified atom stereocenters. The second kappa shape index (κ2) is 23.2. The van der Waals surface area contributed by atoms with Crippen molar-refractivity contribution in [3.63, 3.8) is 0 Å². The highest BCUT2D eigenvalue weighted by atomic mass is 35.5. The Bertz CT molecular complexity index is 3230. The van der Waals surface area contributed by atoms with Crippen molar-refractivity contribution < 1.29 is 48.0 Å². The van der Waals surface area contributed by atoms with E-state index in [1.807, 2.05) is 4.90 Å². The summed E-state index contributed by atoms with van der Waals surface area (Å²) in [4.78, 5) is 27.5. The summed E-state index contributed by atoms with van der Waals surface area (Å²) >= 11 is 12.4. The molecule has 0 bridgehead atoms. The number of pyridine rings is 2. The standard InChI is InChI=1S/C27H29ClF2N6O4S.C23H25ClF2N6O3S/c28-19-2-1-3-21(12-19)36(14-20-7-6-18(13-31-20)25-32-33-26(40-25)24(29)30)41(38,39)23-8-10-34(11-9-23)22-15-35(16-22)27(37)17-4-5-17;24-16-2-1-3-18(10-16)32(36(33,34)20-6-8-31(9-7-20)19-12-27-13-19)14-17-5-4-15(11-28-17)22-29-30-23(35-22)21(25)26/h1-3,6-7,12-13,17,22-24H,4-5,8-11,14-16H2;1-5,10-11,19-21,27H,6-9,12-14H2. The number of alkyl halides is 4. The number of likely N-dealkylation sites (tertiary alicyclic amines) is 3. The average molecular weight is 1150 g/mol. The summed E-state index contributed by atoms with van der Waals surface area (Å²) in [5.74, 6) is -1.27. The van der Waals surface area contributed by atoms with Gasteiger partial charge in [-0.1, -0.05) is 35.3 Å². The Morgan fingerprint density at radius 3 is 1.42 bits per heavy atom. The predicted molar refractivity (Wildman–Crippen MR) is 277 cm³/mol. The van der Waals surface area contributed by atoms with Crippen LogP contribution in [-0.4, -0.2) is 143 Å². The van der Waals surface area contributed by atoms with Crippen LogP contribution in [0.2, 0.25) is 10.0 Å². The first-order valence-electron chi connectivity index (χ1n) is 25.2. The number of benzene rings is 2. The highest BCUT2D eigenvalue weighted by Gasteiger charge is 2.44. The molecule has 410 valence electrons. The van der Waals surface area contributed by atoms with Gasteiger partial charge in [-0.25, -0.2) is 16.8 Å². The van der Waals surface area contributed by atoms with Crippen LogP contribution in [0.3, 0.4) is 0 Å². The van der Waals surface area contributed by atoms with E-state index in [9.17, 15) is 39.2 Å². The summed E-state index contributed by atoms with van der Waals surface area (Å²) in [5.41, 5.74) is 2.49. The number of carbonyl (C=O) groups excluding carboxylic acids is 1. The average Bonchev–Trinajstić information content (AvgIpc) is 3.90. The molecule has 0 radical (unpaired) electrons. The molecular formula is C50H54Cl2F4N12O7S2. The Labute approximate surface area is 452 Å². The van der Waals surface area contributed by atoms with Gasteiger partial charge in [0.15, 0.2) is 0 Å². The summed E-state index contributed by atoms with van der Waals surface area (Å²) in [6.07, 6.45) is 1.06. The summed E-state index contributed by atoms with van der Waals surface area (Å²) < 4.78 is 119. The van der Waals surface area contributed by atoms with Gasteiger partial charge in [0.2, 0.25) is 37.7 Å². The van der Waals surface area contributed by atoms with Crippen molar-refractivity contribution in [3.8, 4) is 22.9 Å². The van der Waals surface area contributed by atoms with Crippen molar-refractivity contribution in [1.82, 2.24) is 50.4 Å². The number of carbonyl (C=O) groups is 1. The lowest BCUT2D eigenvalue weighted by atomic mass is 10.0. The van der Waals surface area contributed by atoms with Crippen LogP contribution in [-0.2, 0) is 37.9 Å². The van der Waals surface area contributed by atoms with Gasteiger partial charge in [-0.05, 0) is 125 Å². The van der Waals surface area contributed by atoms with Crippen LogP contribution in [0, 0.1) is 5.92 Å². The summed E-state index contributed by atoms with van der Waals surface area (Å²) in [5, 5.41) is 16.9. The number of piperidine rings is 2. The molecule has 77 heavy (non-hydrogen) atoms. The fourth-order valence-electron chi connectivity index (χ4n) is 9.80. The largest absolute Gasteiger partial charge is 0.415 e. The first kappa shape index (κ1) is 54.5. The number of nitrogens with zero attached hydrogens (tertiary/aromatic N) is 11. The number of sulfonamides is 2. The number of nitrogens with one attached hydrogen (secondary N) is 1. The van der Waals surface area contributed by atoms with E-state index in [2.05, 4.69) is 45.5 Å². The van der Waals surface area contributed by atoms with Gasteiger partial charge in [0.25, 0.3) is 11.8 Å². The zero-order valence-electron chi connectivity index (χ0n) is 41.3. The Balaban J connectivity index is 0.000000176. The molecule has 1 saturated carbocycles. The quantitative estimate of drug-likeness (QED) is 0.0868. The molecule has 5 aliphatic rings. The fourth-order valence-corrected chi connectivity index (χ4v) is 13.9. The minimum atomic E-state index is -3.81. The maximum Gasteiger partial charge on any atom is 0.314 e. The van der Waals surface area contributed by atoms with E-state index in [4.69, 9.17) is 32.0 Å². The molecule has 1 aliphatic carbocycles. The third-order valence-corrected chi connectivity index (χ3v) is 19.5. The first-order chi connectivity index (χ1) is 37.0. The molecule has 0 spiro atoms. The molecule has 8 heterocycles. The zero-order chi connectivity index (χ0) is 54.0. The van der Waals surface area contributed by atoms with Gasteiger partial charge in [-0.2, -0.15) is 17.6 Å². The predicted octanol–water partition coefficient (Wildman–Crippen LogP) is 7.64. The molecule has 5 fully saturated rings. The Kier molecular flexibility index (Phi) is 16.5. The van der Waals surface area contributed by atoms with Gasteiger partial charge in [-0.3, -0.25) is 33.2 Å². The second-order valence-corrected chi connectivity index (χ2v) is 24.7. The Morgan fingerprint density at radius 2 is 1.06 bits per heavy atom. The number of rotatable bonds is 17. The lowest BCUT2D eigenvalue weighted by molar-refractivity contribution is -0.140. The molecule has 4 saturated heterocycles. The van der Waals surface area contributed by atoms with Crippen molar-refractivity contribution in [2.45, 2.75) is 87.0 Å². The molecular weight excluding hydrogens is 1090 g/mol. The van der Waals surface area contributed by atoms with E-state index in [1.165, 1.54) is 21.0 Å². The normalized spacial score (nSPS) is 18.5. The minimum absolute atomic E-state index is 0.0121. The molecule has 11 rings (SSSR count). The van der Waals surface area contributed by atoms with Crippen LogP contribution in [0.1, 0.15) is 74.5 Å². The van der Waals surface area contributed by atoms with Crippen LogP contribution in [0.4, 0.5) is 28.9 Å². The number of halogens is 6. The fraction of sp³-hybridized carbons (Fsp3) is 0.460. The van der Waals surface area contributed by atoms with E-state index >= 15 is 0 Å². The molecule has 0 atom stereocenters. The van der Waals surface area contributed by atoms with Crippen molar-refractivity contribution in [2.75, 3.05) is 61.0 Å². The molecule has 6 aromatic rings. The van der Waals surface area contributed by atoms with Gasteiger partial charge >= 0.3 is 12.9 Å². The Morgan fingerprint density at radius 1 is 0.623 bits per heavy atom. The van der Waals surface area contributed by atoms with Gasteiger partial charge in [0, 0.05) is 66.6 Å². The smallest absolute Gasteiger partial charge is 0.314 e. The monoisotopic (exact) mass is 1140 g/mol. The van der Waals surface area contributed by atoms with E-state index in [-0.39, 0.29) is 42.7 Å². The SMILES string of the molecule is O=C(C1CC1)N1CC(N2CCC(S(=O)(=O)N(Cc3ccc(-c4nnc(C(F)F)o4)cn3)c3cccc(Cl)c3)CC2)C1.O=S(=O)(C1CCN(C2CNC2)CC1)N(Cc1ccc(-c2nnc(C(F)F)o2)cn1)c1cccc(Cl)c1. The molecule has 27 heteroatoms. The number of hydrogen-bond donors (Lipinski definition) is 1. The maximum atomic E-state index is 14.0. The van der Waals surface area contributed by atoms with E-state index in [1.54, 1.807) is 72.8 Å². The summed E-state index contributed by atoms with van der Waals surface area (Å²) in [7, 11) is -7.54. The van der Waals surface area contributed by atoms with Crippen LogP contribution >= 0.6 is 23.2 Å². The lowest BCUT2D eigenvalue weighted by Crippen LogP contribution is -2.63. The van der Waals surface area contributed by atoms with E-state index < -0.39 is 55.2 Å². The third kappa shape index (κ3) is 12.6. The van der Waals surface area contributed by atoms with Crippen molar-refractivity contribution in [3.05, 3.63) is 118 Å². The summed E-state index contributed by atoms with van der Waals surface area (Å²) in [6, 6.07) is 20.5.